The minimum atomic E-state index is -0.243. The zero-order valence-corrected chi connectivity index (χ0v) is 19.6. The molecule has 1 saturated heterocycles. The second kappa shape index (κ2) is 10.7. The van der Waals surface area contributed by atoms with Gasteiger partial charge in [-0.05, 0) is 42.9 Å². The third-order valence-electron chi connectivity index (χ3n) is 5.88. The third-order valence-corrected chi connectivity index (χ3v) is 7.22. The molecule has 0 aliphatic carbocycles. The van der Waals surface area contributed by atoms with Gasteiger partial charge in [0.15, 0.2) is 5.16 Å². The van der Waals surface area contributed by atoms with Gasteiger partial charge in [0.05, 0.1) is 18.1 Å². The number of aromatic nitrogens is 3. The number of rotatable bonds is 9. The average molecular weight is 454 g/mol. The Bertz CT molecular complexity index is 981. The summed E-state index contributed by atoms with van der Waals surface area (Å²) in [6.45, 7) is 7.33. The van der Waals surface area contributed by atoms with Gasteiger partial charge in [-0.25, -0.2) is 0 Å². The molecule has 2 aromatic heterocycles. The molecule has 170 valence electrons. The molecule has 1 aliphatic heterocycles. The Morgan fingerprint density at radius 2 is 1.97 bits per heavy atom. The van der Waals surface area contributed by atoms with E-state index in [1.807, 2.05) is 49.4 Å². The first-order chi connectivity index (χ1) is 15.6. The molecule has 0 spiro atoms. The second-order valence-electron chi connectivity index (χ2n) is 8.34. The van der Waals surface area contributed by atoms with Crippen molar-refractivity contribution in [2.24, 2.45) is 5.92 Å². The standard InChI is InChI=1S/C24H31N5O2S/c1-3-21(22(30)25-16-19-8-5-4-6-9-19)32-24-27-26-23(28-13-11-18(2)12-14-28)29(24)17-20-10-7-15-31-20/h4-10,15,18,21H,3,11-14,16-17H2,1-2H3,(H,25,30). The van der Waals surface area contributed by atoms with E-state index in [4.69, 9.17) is 4.42 Å². The summed E-state index contributed by atoms with van der Waals surface area (Å²) >= 11 is 1.47. The fourth-order valence-corrected chi connectivity index (χ4v) is 4.83. The van der Waals surface area contributed by atoms with Crippen molar-refractivity contribution in [2.75, 3.05) is 18.0 Å². The van der Waals surface area contributed by atoms with E-state index in [1.165, 1.54) is 11.8 Å². The molecule has 3 heterocycles. The van der Waals surface area contributed by atoms with Crippen molar-refractivity contribution >= 4 is 23.6 Å². The van der Waals surface area contributed by atoms with Crippen LogP contribution in [-0.2, 0) is 17.9 Å². The number of benzene rings is 1. The third kappa shape index (κ3) is 5.54. The van der Waals surface area contributed by atoms with Gasteiger partial charge in [0.2, 0.25) is 11.9 Å². The maximum absolute atomic E-state index is 12.9. The van der Waals surface area contributed by atoms with Crippen LogP contribution in [0.25, 0.3) is 0 Å². The summed E-state index contributed by atoms with van der Waals surface area (Å²) in [5.74, 6) is 2.46. The van der Waals surface area contributed by atoms with E-state index in [2.05, 4.69) is 31.9 Å². The van der Waals surface area contributed by atoms with Crippen molar-refractivity contribution in [2.45, 2.75) is 56.6 Å². The van der Waals surface area contributed by atoms with E-state index < -0.39 is 0 Å². The van der Waals surface area contributed by atoms with E-state index in [1.54, 1.807) is 6.26 Å². The summed E-state index contributed by atoms with van der Waals surface area (Å²) in [6, 6.07) is 13.8. The van der Waals surface area contributed by atoms with Crippen LogP contribution in [0, 0.1) is 5.92 Å². The summed E-state index contributed by atoms with van der Waals surface area (Å²) in [5.41, 5.74) is 1.09. The highest BCUT2D eigenvalue weighted by Gasteiger charge is 2.26. The first kappa shape index (κ1) is 22.5. The predicted molar refractivity (Wildman–Crippen MR) is 127 cm³/mol. The Labute approximate surface area is 193 Å². The molecule has 4 rings (SSSR count). The number of hydrogen-bond acceptors (Lipinski definition) is 6. The summed E-state index contributed by atoms with van der Waals surface area (Å²) in [4.78, 5) is 15.2. The number of anilines is 1. The Kier molecular flexibility index (Phi) is 7.52. The zero-order valence-electron chi connectivity index (χ0n) is 18.7. The number of furan rings is 1. The summed E-state index contributed by atoms with van der Waals surface area (Å²) < 4.78 is 7.69. The largest absolute Gasteiger partial charge is 0.467 e. The highest BCUT2D eigenvalue weighted by atomic mass is 32.2. The summed E-state index contributed by atoms with van der Waals surface area (Å²) in [7, 11) is 0. The van der Waals surface area contributed by atoms with Crippen LogP contribution in [0.5, 0.6) is 0 Å². The highest BCUT2D eigenvalue weighted by molar-refractivity contribution is 8.00. The highest BCUT2D eigenvalue weighted by Crippen LogP contribution is 2.30. The fourth-order valence-electron chi connectivity index (χ4n) is 3.86. The van der Waals surface area contributed by atoms with Crippen molar-refractivity contribution in [1.29, 1.82) is 0 Å². The Hall–Kier alpha value is -2.74. The number of thioether (sulfide) groups is 1. The van der Waals surface area contributed by atoms with Crippen LogP contribution in [0.2, 0.25) is 0 Å². The van der Waals surface area contributed by atoms with Gasteiger partial charge in [-0.1, -0.05) is 55.9 Å². The first-order valence-corrected chi connectivity index (χ1v) is 12.2. The number of piperidine rings is 1. The van der Waals surface area contributed by atoms with Gasteiger partial charge in [-0.2, -0.15) is 0 Å². The number of amides is 1. The van der Waals surface area contributed by atoms with E-state index in [-0.39, 0.29) is 11.2 Å². The van der Waals surface area contributed by atoms with Crippen molar-refractivity contribution in [3.63, 3.8) is 0 Å². The molecule has 1 amide bonds. The SMILES string of the molecule is CCC(Sc1nnc(N2CCC(C)CC2)n1Cc1ccco1)C(=O)NCc1ccccc1. The van der Waals surface area contributed by atoms with Crippen LogP contribution >= 0.6 is 11.8 Å². The quantitative estimate of drug-likeness (QED) is 0.486. The smallest absolute Gasteiger partial charge is 0.233 e. The van der Waals surface area contributed by atoms with Crippen LogP contribution < -0.4 is 10.2 Å². The molecule has 32 heavy (non-hydrogen) atoms. The average Bonchev–Trinajstić information content (AvgIpc) is 3.48. The lowest BCUT2D eigenvalue weighted by Crippen LogP contribution is -2.35. The minimum absolute atomic E-state index is 0.0160. The molecule has 0 saturated carbocycles. The molecule has 1 fully saturated rings. The zero-order chi connectivity index (χ0) is 22.3. The van der Waals surface area contributed by atoms with Crippen LogP contribution in [0.1, 0.15) is 44.4 Å². The van der Waals surface area contributed by atoms with Gasteiger partial charge < -0.3 is 14.6 Å². The molecule has 7 nitrogen and oxygen atoms in total. The van der Waals surface area contributed by atoms with Crippen LogP contribution in [-0.4, -0.2) is 39.0 Å². The Balaban J connectivity index is 1.50. The van der Waals surface area contributed by atoms with Gasteiger partial charge in [0.25, 0.3) is 0 Å². The van der Waals surface area contributed by atoms with Gasteiger partial charge in [0, 0.05) is 19.6 Å². The van der Waals surface area contributed by atoms with Crippen molar-refractivity contribution in [3.05, 3.63) is 60.1 Å². The number of carbonyl (C=O) groups excluding carboxylic acids is 1. The normalized spacial score (nSPS) is 15.6. The van der Waals surface area contributed by atoms with Crippen LogP contribution in [0.15, 0.2) is 58.3 Å². The van der Waals surface area contributed by atoms with Gasteiger partial charge in [-0.15, -0.1) is 10.2 Å². The lowest BCUT2D eigenvalue weighted by Gasteiger charge is -2.31. The lowest BCUT2D eigenvalue weighted by atomic mass is 10.00. The van der Waals surface area contributed by atoms with Gasteiger partial charge in [-0.3, -0.25) is 9.36 Å². The van der Waals surface area contributed by atoms with E-state index >= 15 is 0 Å². The molecule has 1 aromatic carbocycles. The number of nitrogens with zero attached hydrogens (tertiary/aromatic N) is 4. The Morgan fingerprint density at radius 1 is 1.19 bits per heavy atom. The number of hydrogen-bond donors (Lipinski definition) is 1. The summed E-state index contributed by atoms with van der Waals surface area (Å²) in [6.07, 6.45) is 4.68. The van der Waals surface area contributed by atoms with Crippen molar-refractivity contribution in [1.82, 2.24) is 20.1 Å². The maximum atomic E-state index is 12.9. The molecule has 1 aliphatic rings. The molecule has 1 atom stereocenters. The van der Waals surface area contributed by atoms with Crippen LogP contribution in [0.4, 0.5) is 5.95 Å². The van der Waals surface area contributed by atoms with E-state index in [0.717, 1.165) is 54.3 Å². The molecular weight excluding hydrogens is 422 g/mol. The minimum Gasteiger partial charge on any atom is -0.467 e. The lowest BCUT2D eigenvalue weighted by molar-refractivity contribution is -0.120. The fraction of sp³-hybridized carbons (Fsp3) is 0.458. The van der Waals surface area contributed by atoms with Crippen LogP contribution in [0.3, 0.4) is 0 Å². The monoisotopic (exact) mass is 453 g/mol. The molecule has 0 radical (unpaired) electrons. The molecule has 0 bridgehead atoms. The first-order valence-electron chi connectivity index (χ1n) is 11.3. The molecule has 3 aromatic rings. The van der Waals surface area contributed by atoms with E-state index in [9.17, 15) is 4.79 Å². The van der Waals surface area contributed by atoms with E-state index in [0.29, 0.717) is 19.5 Å². The van der Waals surface area contributed by atoms with Gasteiger partial charge in [0.1, 0.15) is 5.76 Å². The number of nitrogens with one attached hydrogen (secondary N) is 1. The second-order valence-corrected chi connectivity index (χ2v) is 9.51. The maximum Gasteiger partial charge on any atom is 0.233 e. The molecule has 1 N–H and O–H groups in total. The van der Waals surface area contributed by atoms with Crippen molar-refractivity contribution < 1.29 is 9.21 Å². The molecular formula is C24H31N5O2S. The van der Waals surface area contributed by atoms with Crippen molar-refractivity contribution in [3.8, 4) is 0 Å². The Morgan fingerprint density at radius 3 is 2.66 bits per heavy atom. The predicted octanol–water partition coefficient (Wildman–Crippen LogP) is 4.34. The molecule has 1 unspecified atom stereocenters. The molecule has 8 heteroatoms. The summed E-state index contributed by atoms with van der Waals surface area (Å²) in [5, 5.41) is 12.6. The van der Waals surface area contributed by atoms with Gasteiger partial charge >= 0.3 is 0 Å². The topological polar surface area (TPSA) is 76.2 Å². The number of carbonyl (C=O) groups is 1.